The Morgan fingerprint density at radius 1 is 1.14 bits per heavy atom. The minimum atomic E-state index is -0.223. The van der Waals surface area contributed by atoms with Crippen molar-refractivity contribution in [3.8, 4) is 17.1 Å². The molecule has 0 spiro atoms. The Morgan fingerprint density at radius 2 is 1.82 bits per heavy atom. The van der Waals surface area contributed by atoms with Gasteiger partial charge >= 0.3 is 0 Å². The van der Waals surface area contributed by atoms with E-state index in [0.717, 1.165) is 5.56 Å². The summed E-state index contributed by atoms with van der Waals surface area (Å²) in [5, 5.41) is 9.68. The minimum absolute atomic E-state index is 0. The van der Waals surface area contributed by atoms with Crippen LogP contribution in [0.1, 0.15) is 31.2 Å². The normalized spacial score (nSPS) is 10.4. The predicted octanol–water partition coefficient (Wildman–Crippen LogP) is 3.49. The Morgan fingerprint density at radius 3 is 2.39 bits per heavy atom. The number of hydrogen-bond donors (Lipinski definition) is 3. The van der Waals surface area contributed by atoms with E-state index in [1.165, 1.54) is 5.56 Å². The van der Waals surface area contributed by atoms with Crippen LogP contribution in [0, 0.1) is 0 Å². The van der Waals surface area contributed by atoms with E-state index < -0.39 is 0 Å². The van der Waals surface area contributed by atoms with E-state index >= 15 is 0 Å². The maximum absolute atomic E-state index is 12.1. The van der Waals surface area contributed by atoms with Crippen LogP contribution < -0.4 is 15.8 Å². The average Bonchev–Trinajstić information content (AvgIpc) is 3.16. The van der Waals surface area contributed by atoms with Crippen LogP contribution in [-0.4, -0.2) is 27.7 Å². The van der Waals surface area contributed by atoms with Crippen molar-refractivity contribution in [1.82, 2.24) is 15.2 Å². The van der Waals surface area contributed by atoms with Gasteiger partial charge in [-0.1, -0.05) is 26.0 Å². The molecule has 0 unspecified atom stereocenters. The highest BCUT2D eigenvalue weighted by Crippen LogP contribution is 2.19. The monoisotopic (exact) mass is 401 g/mol. The summed E-state index contributed by atoms with van der Waals surface area (Å²) < 4.78 is 5.53. The summed E-state index contributed by atoms with van der Waals surface area (Å²) in [4.78, 5) is 16.3. The van der Waals surface area contributed by atoms with Crippen LogP contribution in [0.3, 0.4) is 0 Å². The van der Waals surface area contributed by atoms with Gasteiger partial charge in [0.1, 0.15) is 11.6 Å². The van der Waals surface area contributed by atoms with Gasteiger partial charge in [-0.2, -0.15) is 5.10 Å². The van der Waals surface area contributed by atoms with Crippen LogP contribution in [0.25, 0.3) is 11.4 Å². The molecule has 1 heterocycles. The third-order valence-corrected chi connectivity index (χ3v) is 4.07. The zero-order valence-electron chi connectivity index (χ0n) is 15.8. The number of anilines is 1. The number of hydrogen-bond acceptors (Lipinski definition) is 5. The van der Waals surface area contributed by atoms with Crippen LogP contribution in [0.5, 0.6) is 5.75 Å². The summed E-state index contributed by atoms with van der Waals surface area (Å²) in [6.45, 7) is 4.52. The Labute approximate surface area is 170 Å². The van der Waals surface area contributed by atoms with Gasteiger partial charge in [-0.25, -0.2) is 4.98 Å². The summed E-state index contributed by atoms with van der Waals surface area (Å²) in [5.74, 6) is 2.11. The highest BCUT2D eigenvalue weighted by molar-refractivity contribution is 5.92. The lowest BCUT2D eigenvalue weighted by atomic mass is 10.0. The summed E-state index contributed by atoms with van der Waals surface area (Å²) >= 11 is 0. The quantitative estimate of drug-likeness (QED) is 0.561. The molecule has 0 radical (unpaired) electrons. The first-order valence-electron chi connectivity index (χ1n) is 8.79. The number of nitrogens with zero attached hydrogens (tertiary/aromatic N) is 2. The Bertz CT molecular complexity index is 892. The molecule has 0 atom stereocenters. The van der Waals surface area contributed by atoms with Crippen LogP contribution in [0.4, 0.5) is 5.69 Å². The third-order valence-electron chi connectivity index (χ3n) is 4.07. The van der Waals surface area contributed by atoms with Crippen molar-refractivity contribution in [2.75, 3.05) is 11.9 Å². The van der Waals surface area contributed by atoms with Gasteiger partial charge in [0.2, 0.25) is 0 Å². The topological polar surface area (TPSA) is 106 Å². The number of rotatable bonds is 7. The maximum Gasteiger partial charge on any atom is 0.262 e. The van der Waals surface area contributed by atoms with Crippen LogP contribution in [0.2, 0.25) is 0 Å². The molecule has 0 aliphatic carbocycles. The fourth-order valence-electron chi connectivity index (χ4n) is 2.51. The van der Waals surface area contributed by atoms with Gasteiger partial charge in [-0.05, 0) is 47.9 Å². The van der Waals surface area contributed by atoms with Crippen molar-refractivity contribution >= 4 is 24.0 Å². The van der Waals surface area contributed by atoms with E-state index in [-0.39, 0.29) is 24.9 Å². The average molecular weight is 402 g/mol. The van der Waals surface area contributed by atoms with E-state index in [2.05, 4.69) is 34.3 Å². The number of halogens is 1. The molecular weight excluding hydrogens is 378 g/mol. The number of aromatic nitrogens is 3. The number of carbonyl (C=O) groups excluding carboxylic acids is 1. The van der Waals surface area contributed by atoms with Gasteiger partial charge < -0.3 is 15.8 Å². The number of nitrogens with two attached hydrogens (primary N) is 1. The fraction of sp³-hybridized carbons (Fsp3) is 0.250. The number of nitrogens with one attached hydrogen (secondary N) is 2. The summed E-state index contributed by atoms with van der Waals surface area (Å²) in [6.07, 6.45) is 0. The summed E-state index contributed by atoms with van der Waals surface area (Å²) in [5.41, 5.74) is 8.27. The Kier molecular flexibility index (Phi) is 7.54. The van der Waals surface area contributed by atoms with E-state index in [4.69, 9.17) is 10.5 Å². The van der Waals surface area contributed by atoms with Crippen LogP contribution >= 0.6 is 12.4 Å². The lowest BCUT2D eigenvalue weighted by Crippen LogP contribution is -2.20. The zero-order chi connectivity index (χ0) is 19.2. The lowest BCUT2D eigenvalue weighted by molar-refractivity contribution is -0.118. The fourth-order valence-corrected chi connectivity index (χ4v) is 2.51. The van der Waals surface area contributed by atoms with Crippen molar-refractivity contribution in [3.05, 3.63) is 59.9 Å². The second-order valence-corrected chi connectivity index (χ2v) is 6.45. The predicted molar refractivity (Wildman–Crippen MR) is 112 cm³/mol. The van der Waals surface area contributed by atoms with Gasteiger partial charge in [0.05, 0.1) is 6.54 Å². The first-order chi connectivity index (χ1) is 13.0. The molecule has 0 saturated heterocycles. The second kappa shape index (κ2) is 9.87. The molecule has 7 nitrogen and oxygen atoms in total. The molecule has 0 aliphatic rings. The molecule has 28 heavy (non-hydrogen) atoms. The Balaban J connectivity index is 0.00000280. The number of H-pyrrole nitrogens is 1. The number of carbonyl (C=O) groups is 1. The van der Waals surface area contributed by atoms with Crippen molar-refractivity contribution in [3.63, 3.8) is 0 Å². The molecule has 0 aliphatic heterocycles. The lowest BCUT2D eigenvalue weighted by Gasteiger charge is -2.09. The molecule has 2 aromatic carbocycles. The molecule has 3 rings (SSSR count). The van der Waals surface area contributed by atoms with E-state index in [1.54, 1.807) is 12.1 Å². The SMILES string of the molecule is CC(C)c1ccc(OCC(=O)Nc2ccc(-c3n[nH]c(CN)n3)cc2)cc1.Cl. The third kappa shape index (κ3) is 5.55. The number of ether oxygens (including phenoxy) is 1. The first kappa shape index (κ1) is 21.4. The largest absolute Gasteiger partial charge is 0.484 e. The smallest absolute Gasteiger partial charge is 0.262 e. The zero-order valence-corrected chi connectivity index (χ0v) is 16.6. The molecule has 0 bridgehead atoms. The van der Waals surface area contributed by atoms with E-state index in [1.807, 2.05) is 36.4 Å². The number of aromatic amines is 1. The Hall–Kier alpha value is -2.90. The molecule has 8 heteroatoms. The molecule has 3 aromatic rings. The standard InChI is InChI=1S/C20H23N5O2.ClH/c1-13(2)14-5-9-17(10-6-14)27-12-19(26)22-16-7-3-15(4-8-16)20-23-18(11-21)24-25-20;/h3-10,13H,11-12,21H2,1-2H3,(H,22,26)(H,23,24,25);1H. The number of amides is 1. The van der Waals surface area contributed by atoms with Gasteiger partial charge in [-0.15, -0.1) is 12.4 Å². The van der Waals surface area contributed by atoms with Crippen molar-refractivity contribution in [1.29, 1.82) is 0 Å². The maximum atomic E-state index is 12.1. The first-order valence-corrected chi connectivity index (χ1v) is 8.79. The van der Waals surface area contributed by atoms with Gasteiger partial charge in [0.15, 0.2) is 12.4 Å². The van der Waals surface area contributed by atoms with Gasteiger partial charge in [-0.3, -0.25) is 9.89 Å². The van der Waals surface area contributed by atoms with Gasteiger partial charge in [0.25, 0.3) is 5.91 Å². The van der Waals surface area contributed by atoms with E-state index in [0.29, 0.717) is 35.5 Å². The van der Waals surface area contributed by atoms with Crippen LogP contribution in [-0.2, 0) is 11.3 Å². The summed E-state index contributed by atoms with van der Waals surface area (Å²) in [7, 11) is 0. The minimum Gasteiger partial charge on any atom is -0.484 e. The molecule has 4 N–H and O–H groups in total. The molecule has 1 aromatic heterocycles. The highest BCUT2D eigenvalue weighted by Gasteiger charge is 2.07. The number of benzene rings is 2. The highest BCUT2D eigenvalue weighted by atomic mass is 35.5. The molecule has 0 saturated carbocycles. The molecular formula is C20H24ClN5O2. The summed E-state index contributed by atoms with van der Waals surface area (Å²) in [6, 6.07) is 15.0. The van der Waals surface area contributed by atoms with Crippen molar-refractivity contribution in [2.24, 2.45) is 5.73 Å². The molecule has 148 valence electrons. The molecule has 1 amide bonds. The van der Waals surface area contributed by atoms with Crippen molar-refractivity contribution < 1.29 is 9.53 Å². The van der Waals surface area contributed by atoms with Crippen LogP contribution in [0.15, 0.2) is 48.5 Å². The van der Waals surface area contributed by atoms with Gasteiger partial charge in [0, 0.05) is 11.3 Å². The second-order valence-electron chi connectivity index (χ2n) is 6.45. The van der Waals surface area contributed by atoms with E-state index in [9.17, 15) is 4.79 Å². The molecule has 0 fully saturated rings. The van der Waals surface area contributed by atoms with Crippen molar-refractivity contribution in [2.45, 2.75) is 26.3 Å².